The third-order valence-electron chi connectivity index (χ3n) is 1.96. The smallest absolute Gasteiger partial charge is 0.326 e. The molecular formula is C10H13NO3S. The zero-order valence-corrected chi connectivity index (χ0v) is 9.38. The molecule has 0 saturated carbocycles. The molecule has 0 aliphatic carbocycles. The highest BCUT2D eigenvalue weighted by molar-refractivity contribution is 7.12. The highest BCUT2D eigenvalue weighted by Crippen LogP contribution is 2.10. The summed E-state index contributed by atoms with van der Waals surface area (Å²) in [5.74, 6) is -1.47. The molecule has 15 heavy (non-hydrogen) atoms. The predicted octanol–water partition coefficient (Wildman–Crippen LogP) is 1.59. The quantitative estimate of drug-likeness (QED) is 0.820. The van der Waals surface area contributed by atoms with Crippen molar-refractivity contribution < 1.29 is 14.7 Å². The monoisotopic (exact) mass is 227 g/mol. The van der Waals surface area contributed by atoms with Gasteiger partial charge in [0.2, 0.25) is 0 Å². The van der Waals surface area contributed by atoms with Crippen molar-refractivity contribution in [3.05, 3.63) is 22.4 Å². The number of carboxylic acids is 1. The second-order valence-corrected chi connectivity index (χ2v) is 4.46. The fourth-order valence-corrected chi connectivity index (χ4v) is 1.76. The average Bonchev–Trinajstić information content (AvgIpc) is 2.65. The maximum atomic E-state index is 11.6. The molecule has 0 radical (unpaired) electrons. The standard InChI is InChI=1S/C10H13NO3S/c1-6(2)8(10(13)14)11-9(12)7-4-3-5-15-7/h3-6,8H,1-2H3,(H,11,12)(H,13,14)/t8-/m1/s1. The second kappa shape index (κ2) is 4.93. The number of aliphatic carboxylic acids is 1. The summed E-state index contributed by atoms with van der Waals surface area (Å²) in [5.41, 5.74) is 0. The zero-order chi connectivity index (χ0) is 11.4. The minimum atomic E-state index is -1.00. The Morgan fingerprint density at radius 2 is 2.13 bits per heavy atom. The van der Waals surface area contributed by atoms with E-state index in [-0.39, 0.29) is 11.8 Å². The van der Waals surface area contributed by atoms with Crippen molar-refractivity contribution >= 4 is 23.2 Å². The van der Waals surface area contributed by atoms with Crippen molar-refractivity contribution in [2.24, 2.45) is 5.92 Å². The molecule has 0 aliphatic rings. The van der Waals surface area contributed by atoms with Gasteiger partial charge in [-0.15, -0.1) is 11.3 Å². The molecule has 0 aromatic carbocycles. The van der Waals surface area contributed by atoms with Crippen LogP contribution in [-0.2, 0) is 4.79 Å². The number of amides is 1. The van der Waals surface area contributed by atoms with Crippen LogP contribution >= 0.6 is 11.3 Å². The fraction of sp³-hybridized carbons (Fsp3) is 0.400. The van der Waals surface area contributed by atoms with Crippen LogP contribution in [0.1, 0.15) is 23.5 Å². The summed E-state index contributed by atoms with van der Waals surface area (Å²) in [4.78, 5) is 22.9. The normalized spacial score (nSPS) is 12.5. The van der Waals surface area contributed by atoms with Crippen LogP contribution in [0.2, 0.25) is 0 Å². The topological polar surface area (TPSA) is 66.4 Å². The van der Waals surface area contributed by atoms with Crippen molar-refractivity contribution in [2.75, 3.05) is 0 Å². The van der Waals surface area contributed by atoms with Crippen molar-refractivity contribution in [1.82, 2.24) is 5.32 Å². The van der Waals surface area contributed by atoms with Crippen LogP contribution in [0.4, 0.5) is 0 Å². The van der Waals surface area contributed by atoms with E-state index in [2.05, 4.69) is 5.32 Å². The summed E-state index contributed by atoms with van der Waals surface area (Å²) in [5, 5.41) is 13.1. The summed E-state index contributed by atoms with van der Waals surface area (Å²) in [7, 11) is 0. The molecule has 82 valence electrons. The molecule has 0 bridgehead atoms. The molecule has 1 amide bonds. The molecule has 1 heterocycles. The molecule has 0 saturated heterocycles. The van der Waals surface area contributed by atoms with Gasteiger partial charge >= 0.3 is 5.97 Å². The Bertz CT molecular complexity index is 346. The summed E-state index contributed by atoms with van der Waals surface area (Å²) < 4.78 is 0. The zero-order valence-electron chi connectivity index (χ0n) is 8.56. The Kier molecular flexibility index (Phi) is 3.85. The molecule has 5 heteroatoms. The molecule has 1 atom stereocenters. The van der Waals surface area contributed by atoms with Crippen LogP contribution in [0.25, 0.3) is 0 Å². The first-order valence-corrected chi connectivity index (χ1v) is 5.47. The van der Waals surface area contributed by atoms with E-state index in [1.165, 1.54) is 11.3 Å². The molecule has 1 aromatic rings. The van der Waals surface area contributed by atoms with Crippen molar-refractivity contribution in [3.63, 3.8) is 0 Å². The summed E-state index contributed by atoms with van der Waals surface area (Å²) in [6, 6.07) is 2.59. The minimum absolute atomic E-state index is 0.133. The number of thiophene rings is 1. The summed E-state index contributed by atoms with van der Waals surface area (Å²) >= 11 is 1.29. The van der Waals surface area contributed by atoms with Gasteiger partial charge < -0.3 is 10.4 Å². The van der Waals surface area contributed by atoms with E-state index in [1.54, 1.807) is 31.4 Å². The number of hydrogen-bond donors (Lipinski definition) is 2. The van der Waals surface area contributed by atoms with Gasteiger partial charge in [-0.3, -0.25) is 4.79 Å². The van der Waals surface area contributed by atoms with Gasteiger partial charge in [0, 0.05) is 0 Å². The van der Waals surface area contributed by atoms with Gasteiger partial charge in [-0.05, 0) is 17.4 Å². The molecule has 0 fully saturated rings. The lowest BCUT2D eigenvalue weighted by Crippen LogP contribution is -2.44. The molecular weight excluding hydrogens is 214 g/mol. The SMILES string of the molecule is CC(C)[C@@H](NC(=O)c1cccs1)C(=O)O. The van der Waals surface area contributed by atoms with Crippen LogP contribution in [0.3, 0.4) is 0 Å². The summed E-state index contributed by atoms with van der Waals surface area (Å²) in [6.45, 7) is 3.51. The van der Waals surface area contributed by atoms with Gasteiger partial charge in [-0.2, -0.15) is 0 Å². The van der Waals surface area contributed by atoms with Gasteiger partial charge in [-0.1, -0.05) is 19.9 Å². The van der Waals surface area contributed by atoms with Crippen molar-refractivity contribution in [1.29, 1.82) is 0 Å². The number of rotatable bonds is 4. The molecule has 0 spiro atoms. The van der Waals surface area contributed by atoms with E-state index in [4.69, 9.17) is 5.11 Å². The van der Waals surface area contributed by atoms with Crippen LogP contribution in [0.5, 0.6) is 0 Å². The number of carboxylic acid groups (broad SMARTS) is 1. The maximum Gasteiger partial charge on any atom is 0.326 e. The third-order valence-corrected chi connectivity index (χ3v) is 2.83. The van der Waals surface area contributed by atoms with E-state index in [0.717, 1.165) is 0 Å². The Balaban J connectivity index is 2.67. The minimum Gasteiger partial charge on any atom is -0.480 e. The summed E-state index contributed by atoms with van der Waals surface area (Å²) in [6.07, 6.45) is 0. The van der Waals surface area contributed by atoms with Gasteiger partial charge in [0.15, 0.2) is 0 Å². The third kappa shape index (κ3) is 3.06. The largest absolute Gasteiger partial charge is 0.480 e. The maximum absolute atomic E-state index is 11.6. The lowest BCUT2D eigenvalue weighted by atomic mass is 10.0. The number of carbonyl (C=O) groups excluding carboxylic acids is 1. The van der Waals surface area contributed by atoms with E-state index in [0.29, 0.717) is 4.88 Å². The lowest BCUT2D eigenvalue weighted by Gasteiger charge is -2.17. The van der Waals surface area contributed by atoms with Gasteiger partial charge in [0.25, 0.3) is 5.91 Å². The number of carbonyl (C=O) groups is 2. The highest BCUT2D eigenvalue weighted by Gasteiger charge is 2.23. The van der Waals surface area contributed by atoms with Gasteiger partial charge in [0.1, 0.15) is 6.04 Å². The Morgan fingerprint density at radius 1 is 1.47 bits per heavy atom. The average molecular weight is 227 g/mol. The Morgan fingerprint density at radius 3 is 2.53 bits per heavy atom. The predicted molar refractivity (Wildman–Crippen MR) is 58.0 cm³/mol. The fourth-order valence-electron chi connectivity index (χ4n) is 1.13. The molecule has 0 unspecified atom stereocenters. The highest BCUT2D eigenvalue weighted by atomic mass is 32.1. The van der Waals surface area contributed by atoms with Crippen LogP contribution < -0.4 is 5.32 Å². The van der Waals surface area contributed by atoms with E-state index < -0.39 is 12.0 Å². The Hall–Kier alpha value is -1.36. The van der Waals surface area contributed by atoms with E-state index >= 15 is 0 Å². The molecule has 1 aromatic heterocycles. The van der Waals surface area contributed by atoms with Crippen LogP contribution in [0.15, 0.2) is 17.5 Å². The molecule has 2 N–H and O–H groups in total. The number of nitrogens with one attached hydrogen (secondary N) is 1. The van der Waals surface area contributed by atoms with E-state index in [9.17, 15) is 9.59 Å². The first-order chi connectivity index (χ1) is 7.02. The molecule has 1 rings (SSSR count). The molecule has 0 aliphatic heterocycles. The first-order valence-electron chi connectivity index (χ1n) is 4.59. The van der Waals surface area contributed by atoms with Gasteiger partial charge in [-0.25, -0.2) is 4.79 Å². The van der Waals surface area contributed by atoms with Crippen molar-refractivity contribution in [3.8, 4) is 0 Å². The van der Waals surface area contributed by atoms with Crippen molar-refractivity contribution in [2.45, 2.75) is 19.9 Å². The lowest BCUT2D eigenvalue weighted by molar-refractivity contribution is -0.140. The van der Waals surface area contributed by atoms with Gasteiger partial charge in [0.05, 0.1) is 4.88 Å². The molecule has 4 nitrogen and oxygen atoms in total. The van der Waals surface area contributed by atoms with Crippen LogP contribution in [-0.4, -0.2) is 23.0 Å². The second-order valence-electron chi connectivity index (χ2n) is 3.51. The van der Waals surface area contributed by atoms with E-state index in [1.807, 2.05) is 0 Å². The number of hydrogen-bond acceptors (Lipinski definition) is 3. The first kappa shape index (κ1) is 11.7. The Labute approximate surface area is 91.9 Å². The van der Waals surface area contributed by atoms with Crippen LogP contribution in [0, 0.1) is 5.92 Å².